The van der Waals surface area contributed by atoms with Crippen LogP contribution < -0.4 is 5.32 Å². The Bertz CT molecular complexity index is 1230. The number of ether oxygens (including phenoxy) is 1. The summed E-state index contributed by atoms with van der Waals surface area (Å²) in [5, 5.41) is 23.4. The number of hydrogen-bond acceptors (Lipinski definition) is 5. The molecule has 468 valence electrons. The molecule has 0 aromatic carbocycles. The molecule has 2 atom stereocenters. The van der Waals surface area contributed by atoms with E-state index in [9.17, 15) is 19.8 Å². The first-order chi connectivity index (χ1) is 39.0. The van der Waals surface area contributed by atoms with E-state index in [4.69, 9.17) is 4.74 Å². The van der Waals surface area contributed by atoms with E-state index in [-0.39, 0.29) is 18.5 Å². The van der Waals surface area contributed by atoms with Crippen molar-refractivity contribution in [1.82, 2.24) is 5.32 Å². The summed E-state index contributed by atoms with van der Waals surface area (Å²) in [7, 11) is 0. The Morgan fingerprint density at radius 2 is 0.608 bits per heavy atom. The molecule has 0 saturated heterocycles. The van der Waals surface area contributed by atoms with Gasteiger partial charge in [-0.15, -0.1) is 0 Å². The lowest BCUT2D eigenvalue weighted by atomic mass is 10.0. The minimum Gasteiger partial charge on any atom is -0.466 e. The molecule has 6 heteroatoms. The maximum Gasteiger partial charge on any atom is 0.305 e. The third kappa shape index (κ3) is 65.4. The van der Waals surface area contributed by atoms with Crippen molar-refractivity contribution in [2.24, 2.45) is 0 Å². The van der Waals surface area contributed by atoms with Crippen LogP contribution in [0.25, 0.3) is 0 Å². The molecule has 0 fully saturated rings. The molecule has 0 aliphatic carbocycles. The summed E-state index contributed by atoms with van der Waals surface area (Å²) in [6, 6.07) is -0.539. The fourth-order valence-electron chi connectivity index (χ4n) is 11.4. The maximum atomic E-state index is 12.5. The first kappa shape index (κ1) is 77.3. The second-order valence-corrected chi connectivity index (χ2v) is 24.9. The lowest BCUT2D eigenvalue weighted by molar-refractivity contribution is -0.143. The summed E-state index contributed by atoms with van der Waals surface area (Å²) in [4.78, 5) is 24.5. The SMILES string of the molecule is CCCC/C=C\CCCCCCCC(=O)OCCCCCCCCCCCCCC/C=C\CCCCCCCCCCCCCCCCCCCC(=O)NC(CO)C(O)CCCCCCCCCCCCCCCCCCCC. The number of aliphatic hydroxyl groups excluding tert-OH is 2. The van der Waals surface area contributed by atoms with Crippen LogP contribution in [0.1, 0.15) is 406 Å². The fourth-order valence-corrected chi connectivity index (χ4v) is 11.4. The predicted molar refractivity (Wildman–Crippen MR) is 347 cm³/mol. The van der Waals surface area contributed by atoms with E-state index in [2.05, 4.69) is 43.5 Å². The van der Waals surface area contributed by atoms with Crippen molar-refractivity contribution in [2.75, 3.05) is 13.2 Å². The number of carbonyl (C=O) groups excluding carboxylic acids is 2. The first-order valence-electron chi connectivity index (χ1n) is 36.1. The molecule has 3 N–H and O–H groups in total. The van der Waals surface area contributed by atoms with E-state index in [1.165, 1.54) is 327 Å². The van der Waals surface area contributed by atoms with E-state index in [0.717, 1.165) is 44.9 Å². The van der Waals surface area contributed by atoms with Crippen molar-refractivity contribution < 1.29 is 24.5 Å². The van der Waals surface area contributed by atoms with Crippen LogP contribution in [-0.4, -0.2) is 47.4 Å². The average molecular weight is 1110 g/mol. The van der Waals surface area contributed by atoms with E-state index in [1.807, 2.05) is 0 Å². The van der Waals surface area contributed by atoms with Crippen LogP contribution >= 0.6 is 0 Å². The number of aliphatic hydroxyl groups is 2. The molecule has 0 aliphatic heterocycles. The van der Waals surface area contributed by atoms with E-state index in [0.29, 0.717) is 25.9 Å². The summed E-state index contributed by atoms with van der Waals surface area (Å²) in [6.45, 7) is 4.95. The molecule has 2 unspecified atom stereocenters. The zero-order valence-electron chi connectivity index (χ0n) is 53.6. The first-order valence-corrected chi connectivity index (χ1v) is 36.1. The Labute approximate surface area is 494 Å². The van der Waals surface area contributed by atoms with E-state index < -0.39 is 12.1 Å². The molecule has 0 aliphatic rings. The molecular formula is C73H141NO5. The highest BCUT2D eigenvalue weighted by molar-refractivity contribution is 5.76. The number of amides is 1. The van der Waals surface area contributed by atoms with E-state index in [1.54, 1.807) is 0 Å². The molecule has 0 aromatic heterocycles. The van der Waals surface area contributed by atoms with Gasteiger partial charge in [0.2, 0.25) is 5.91 Å². The quantitative estimate of drug-likeness (QED) is 0.0320. The van der Waals surface area contributed by atoms with Crippen LogP contribution in [0.5, 0.6) is 0 Å². The summed E-state index contributed by atoms with van der Waals surface area (Å²) in [5.74, 6) is -0.0197. The van der Waals surface area contributed by atoms with Gasteiger partial charge in [-0.05, 0) is 70.6 Å². The minimum absolute atomic E-state index is 0.00809. The molecule has 0 bridgehead atoms. The molecule has 0 heterocycles. The predicted octanol–water partition coefficient (Wildman–Crippen LogP) is 23.3. The Hall–Kier alpha value is -1.66. The van der Waals surface area contributed by atoms with Gasteiger partial charge in [0.15, 0.2) is 0 Å². The number of hydrogen-bond donors (Lipinski definition) is 3. The molecule has 0 aromatic rings. The van der Waals surface area contributed by atoms with E-state index >= 15 is 0 Å². The Balaban J connectivity index is 3.35. The van der Waals surface area contributed by atoms with Crippen molar-refractivity contribution >= 4 is 11.9 Å². The van der Waals surface area contributed by atoms with Crippen LogP contribution in [0.2, 0.25) is 0 Å². The van der Waals surface area contributed by atoms with Gasteiger partial charge in [-0.2, -0.15) is 0 Å². The van der Waals surface area contributed by atoms with Crippen LogP contribution in [0.3, 0.4) is 0 Å². The summed E-state index contributed by atoms with van der Waals surface area (Å²) < 4.78 is 5.47. The van der Waals surface area contributed by atoms with Gasteiger partial charge in [-0.1, -0.05) is 346 Å². The number of carbonyl (C=O) groups is 2. The second-order valence-electron chi connectivity index (χ2n) is 24.9. The highest BCUT2D eigenvalue weighted by Crippen LogP contribution is 2.19. The molecule has 1 amide bonds. The number of rotatable bonds is 68. The van der Waals surface area contributed by atoms with Gasteiger partial charge in [-0.3, -0.25) is 9.59 Å². The van der Waals surface area contributed by atoms with Gasteiger partial charge in [0.1, 0.15) is 0 Å². The lowest BCUT2D eigenvalue weighted by Gasteiger charge is -2.22. The van der Waals surface area contributed by atoms with Gasteiger partial charge in [-0.25, -0.2) is 0 Å². The molecule has 0 radical (unpaired) electrons. The van der Waals surface area contributed by atoms with Gasteiger partial charge in [0.05, 0.1) is 25.4 Å². The molecule has 6 nitrogen and oxygen atoms in total. The summed E-state index contributed by atoms with van der Waals surface area (Å²) >= 11 is 0. The molecule has 79 heavy (non-hydrogen) atoms. The van der Waals surface area contributed by atoms with Crippen LogP contribution in [-0.2, 0) is 14.3 Å². The monoisotopic (exact) mass is 1110 g/mol. The fraction of sp³-hybridized carbons (Fsp3) is 0.918. The van der Waals surface area contributed by atoms with Crippen LogP contribution in [0, 0.1) is 0 Å². The topological polar surface area (TPSA) is 95.9 Å². The maximum absolute atomic E-state index is 12.5. The van der Waals surface area contributed by atoms with Gasteiger partial charge < -0.3 is 20.3 Å². The average Bonchev–Trinajstić information content (AvgIpc) is 3.45. The Morgan fingerprint density at radius 1 is 0.342 bits per heavy atom. The second kappa shape index (κ2) is 68.8. The smallest absolute Gasteiger partial charge is 0.305 e. The van der Waals surface area contributed by atoms with Crippen LogP contribution in [0.15, 0.2) is 24.3 Å². The van der Waals surface area contributed by atoms with Crippen molar-refractivity contribution in [3.05, 3.63) is 24.3 Å². The van der Waals surface area contributed by atoms with Crippen molar-refractivity contribution in [1.29, 1.82) is 0 Å². The van der Waals surface area contributed by atoms with Gasteiger partial charge in [0, 0.05) is 12.8 Å². The summed E-state index contributed by atoms with van der Waals surface area (Å²) in [5.41, 5.74) is 0. The van der Waals surface area contributed by atoms with Crippen molar-refractivity contribution in [3.8, 4) is 0 Å². The van der Waals surface area contributed by atoms with Crippen molar-refractivity contribution in [2.45, 2.75) is 418 Å². The molecule has 0 rings (SSSR count). The Kier molecular flexibility index (Phi) is 67.4. The number of esters is 1. The number of allylic oxidation sites excluding steroid dienone is 4. The Morgan fingerprint density at radius 3 is 0.937 bits per heavy atom. The number of nitrogens with one attached hydrogen (secondary N) is 1. The highest BCUT2D eigenvalue weighted by Gasteiger charge is 2.20. The summed E-state index contributed by atoms with van der Waals surface area (Å²) in [6.07, 6.45) is 86.7. The number of unbranched alkanes of at least 4 members (excludes halogenated alkanes) is 53. The molecule has 0 saturated carbocycles. The highest BCUT2D eigenvalue weighted by atomic mass is 16.5. The zero-order valence-corrected chi connectivity index (χ0v) is 53.6. The van der Waals surface area contributed by atoms with Crippen LogP contribution in [0.4, 0.5) is 0 Å². The molecule has 0 spiro atoms. The van der Waals surface area contributed by atoms with Gasteiger partial charge >= 0.3 is 5.97 Å². The third-order valence-corrected chi connectivity index (χ3v) is 17.0. The minimum atomic E-state index is -0.662. The largest absolute Gasteiger partial charge is 0.466 e. The lowest BCUT2D eigenvalue weighted by Crippen LogP contribution is -2.45. The van der Waals surface area contributed by atoms with Gasteiger partial charge in [0.25, 0.3) is 0 Å². The standard InChI is InChI=1S/C73H141NO5/c1-3-5-7-9-11-13-15-16-17-18-36-39-42-46-49-53-57-61-65-71(76)70(69-75)74-72(77)66-62-58-54-50-47-43-40-37-34-32-30-28-26-24-22-20-19-21-23-25-27-29-31-33-35-38-41-44-48-52-56-60-64-68-79-73(78)67-63-59-55-51-45-14-12-10-8-6-4-2/h10,12,23,25,70-71,75-76H,3-9,11,13-22,24,26-69H2,1-2H3,(H,74,77)/b12-10-,25-23-. The van der Waals surface area contributed by atoms with Crippen molar-refractivity contribution in [3.63, 3.8) is 0 Å². The zero-order chi connectivity index (χ0) is 57.1. The normalized spacial score (nSPS) is 12.6. The third-order valence-electron chi connectivity index (χ3n) is 17.0. The molecular weight excluding hydrogens is 971 g/mol.